The first-order valence-electron chi connectivity index (χ1n) is 9.58. The van der Waals surface area contributed by atoms with E-state index in [1.807, 2.05) is 4.90 Å². The fourth-order valence-electron chi connectivity index (χ4n) is 4.38. The number of amides is 4. The molecular weight excluding hydrogens is 346 g/mol. The van der Waals surface area contributed by atoms with Gasteiger partial charge in [-0.25, -0.2) is 4.79 Å². The van der Waals surface area contributed by atoms with E-state index in [-0.39, 0.29) is 11.8 Å². The number of ether oxygens (including phenoxy) is 1. The van der Waals surface area contributed by atoms with Gasteiger partial charge >= 0.3 is 6.03 Å². The number of nitrogens with one attached hydrogen (secondary N) is 2. The van der Waals surface area contributed by atoms with Crippen molar-refractivity contribution in [2.45, 2.75) is 31.7 Å². The Morgan fingerprint density at radius 3 is 2.59 bits per heavy atom. The second-order valence-electron chi connectivity index (χ2n) is 7.89. The van der Waals surface area contributed by atoms with Gasteiger partial charge in [-0.05, 0) is 55.7 Å². The number of benzene rings is 1. The van der Waals surface area contributed by atoms with Crippen molar-refractivity contribution in [1.29, 1.82) is 0 Å². The normalized spacial score (nSPS) is 30.9. The van der Waals surface area contributed by atoms with Crippen LogP contribution >= 0.6 is 0 Å². The first kappa shape index (κ1) is 18.0. The monoisotopic (exact) mass is 371 g/mol. The highest BCUT2D eigenvalue weighted by Crippen LogP contribution is 2.30. The Hall–Kier alpha value is -2.41. The maximum atomic E-state index is 12.9. The highest BCUT2D eigenvalue weighted by molar-refractivity contribution is 6.07. The molecule has 4 rings (SSSR count). The van der Waals surface area contributed by atoms with Crippen LogP contribution in [0.2, 0.25) is 0 Å². The van der Waals surface area contributed by atoms with E-state index in [1.54, 1.807) is 31.2 Å². The minimum Gasteiger partial charge on any atom is -0.381 e. The fraction of sp³-hybridized carbons (Fsp3) is 0.550. The molecule has 3 heterocycles. The van der Waals surface area contributed by atoms with Gasteiger partial charge in [0.15, 0.2) is 0 Å². The van der Waals surface area contributed by atoms with Gasteiger partial charge in [0.05, 0.1) is 0 Å². The quantitative estimate of drug-likeness (QED) is 0.791. The minimum absolute atomic E-state index is 0.0234. The molecule has 1 aromatic rings. The summed E-state index contributed by atoms with van der Waals surface area (Å²) in [6, 6.07) is 6.46. The van der Waals surface area contributed by atoms with Gasteiger partial charge in [-0.15, -0.1) is 0 Å². The van der Waals surface area contributed by atoms with Gasteiger partial charge in [0, 0.05) is 31.9 Å². The van der Waals surface area contributed by atoms with Crippen molar-refractivity contribution in [1.82, 2.24) is 15.5 Å². The van der Waals surface area contributed by atoms with Crippen LogP contribution in [0.1, 0.15) is 42.1 Å². The summed E-state index contributed by atoms with van der Waals surface area (Å²) in [7, 11) is 0. The number of likely N-dealkylation sites (tertiary alicyclic amines) is 1. The number of hydrogen-bond acceptors (Lipinski definition) is 4. The molecule has 3 aliphatic heterocycles. The molecule has 4 amide bonds. The molecule has 0 radical (unpaired) electrons. The second kappa shape index (κ2) is 6.96. The van der Waals surface area contributed by atoms with Crippen LogP contribution in [0.4, 0.5) is 4.79 Å². The summed E-state index contributed by atoms with van der Waals surface area (Å²) >= 11 is 0. The third kappa shape index (κ3) is 3.32. The van der Waals surface area contributed by atoms with Gasteiger partial charge in [-0.2, -0.15) is 0 Å². The van der Waals surface area contributed by atoms with Crippen molar-refractivity contribution in [2.24, 2.45) is 11.8 Å². The summed E-state index contributed by atoms with van der Waals surface area (Å²) in [6.07, 6.45) is 3.27. The van der Waals surface area contributed by atoms with Gasteiger partial charge in [0.1, 0.15) is 5.54 Å². The summed E-state index contributed by atoms with van der Waals surface area (Å²) in [5.74, 6) is 0.715. The van der Waals surface area contributed by atoms with Gasteiger partial charge < -0.3 is 15.0 Å². The number of carbonyl (C=O) groups excluding carboxylic acids is 3. The van der Waals surface area contributed by atoms with E-state index in [0.717, 1.165) is 45.6 Å². The van der Waals surface area contributed by atoms with E-state index in [1.165, 1.54) is 0 Å². The Morgan fingerprint density at radius 1 is 1.19 bits per heavy atom. The van der Waals surface area contributed by atoms with Crippen LogP contribution in [0.15, 0.2) is 24.3 Å². The summed E-state index contributed by atoms with van der Waals surface area (Å²) in [4.78, 5) is 38.4. The Labute approximate surface area is 158 Å². The molecule has 0 bridgehead atoms. The first-order chi connectivity index (χ1) is 13.0. The van der Waals surface area contributed by atoms with E-state index in [4.69, 9.17) is 4.74 Å². The SMILES string of the molecule is CC1(c2ccc(C(=O)N3CCCC(C4CCOC4)C3)cc2)NC(=O)NC1=O. The zero-order valence-electron chi connectivity index (χ0n) is 15.5. The van der Waals surface area contributed by atoms with Crippen LogP contribution in [0, 0.1) is 11.8 Å². The third-order valence-electron chi connectivity index (χ3n) is 6.13. The molecule has 2 N–H and O–H groups in total. The van der Waals surface area contributed by atoms with E-state index >= 15 is 0 Å². The van der Waals surface area contributed by atoms with Crippen LogP contribution < -0.4 is 10.6 Å². The number of rotatable bonds is 3. The largest absolute Gasteiger partial charge is 0.381 e. The molecule has 0 saturated carbocycles. The van der Waals surface area contributed by atoms with E-state index in [9.17, 15) is 14.4 Å². The lowest BCUT2D eigenvalue weighted by atomic mass is 9.84. The molecule has 3 saturated heterocycles. The molecule has 144 valence electrons. The molecule has 7 heteroatoms. The number of nitrogens with zero attached hydrogens (tertiary/aromatic N) is 1. The molecule has 0 aromatic heterocycles. The third-order valence-corrected chi connectivity index (χ3v) is 6.13. The van der Waals surface area contributed by atoms with Crippen molar-refractivity contribution in [3.8, 4) is 0 Å². The maximum absolute atomic E-state index is 12.9. The van der Waals surface area contributed by atoms with Crippen molar-refractivity contribution < 1.29 is 19.1 Å². The van der Waals surface area contributed by atoms with Crippen molar-refractivity contribution >= 4 is 17.8 Å². The Morgan fingerprint density at radius 2 is 1.96 bits per heavy atom. The van der Waals surface area contributed by atoms with Gasteiger partial charge in [-0.1, -0.05) is 12.1 Å². The summed E-state index contributed by atoms with van der Waals surface area (Å²) in [5, 5.41) is 4.89. The molecular formula is C20H25N3O4. The second-order valence-corrected chi connectivity index (χ2v) is 7.89. The van der Waals surface area contributed by atoms with Crippen LogP contribution in [0.25, 0.3) is 0 Å². The van der Waals surface area contributed by atoms with Crippen LogP contribution in [-0.2, 0) is 15.1 Å². The van der Waals surface area contributed by atoms with Crippen molar-refractivity contribution in [3.63, 3.8) is 0 Å². The van der Waals surface area contributed by atoms with E-state index in [0.29, 0.717) is 23.0 Å². The van der Waals surface area contributed by atoms with Gasteiger partial charge in [0.25, 0.3) is 11.8 Å². The fourth-order valence-corrected chi connectivity index (χ4v) is 4.38. The van der Waals surface area contributed by atoms with Crippen molar-refractivity contribution in [2.75, 3.05) is 26.3 Å². The molecule has 27 heavy (non-hydrogen) atoms. The molecule has 3 atom stereocenters. The summed E-state index contributed by atoms with van der Waals surface area (Å²) < 4.78 is 5.51. The Kier molecular flexibility index (Phi) is 4.63. The number of hydrogen-bond donors (Lipinski definition) is 2. The molecule has 3 unspecified atom stereocenters. The number of piperidine rings is 1. The average Bonchev–Trinajstić information content (AvgIpc) is 3.30. The molecule has 3 aliphatic rings. The standard InChI is InChI=1S/C20H25N3O4/c1-20(18(25)21-19(26)22-20)16-6-4-13(5-7-16)17(24)23-9-2-3-14(11-23)15-8-10-27-12-15/h4-7,14-15H,2-3,8-12H2,1H3,(H2,21,22,25,26). The molecule has 1 aromatic carbocycles. The lowest BCUT2D eigenvalue weighted by Crippen LogP contribution is -2.42. The number of urea groups is 1. The minimum atomic E-state index is -1.10. The van der Waals surface area contributed by atoms with Gasteiger partial charge in [-0.3, -0.25) is 14.9 Å². The lowest BCUT2D eigenvalue weighted by Gasteiger charge is -2.35. The Balaban J connectivity index is 1.46. The molecule has 0 spiro atoms. The van der Waals surface area contributed by atoms with Crippen molar-refractivity contribution in [3.05, 3.63) is 35.4 Å². The highest BCUT2D eigenvalue weighted by atomic mass is 16.5. The molecule has 3 fully saturated rings. The summed E-state index contributed by atoms with van der Waals surface area (Å²) in [6.45, 7) is 4.86. The van der Waals surface area contributed by atoms with E-state index in [2.05, 4.69) is 10.6 Å². The Bertz CT molecular complexity index is 757. The van der Waals surface area contributed by atoms with Gasteiger partial charge in [0.2, 0.25) is 0 Å². The van der Waals surface area contributed by atoms with E-state index < -0.39 is 11.6 Å². The zero-order valence-corrected chi connectivity index (χ0v) is 15.5. The zero-order chi connectivity index (χ0) is 19.0. The van der Waals surface area contributed by atoms with Crippen LogP contribution in [0.3, 0.4) is 0 Å². The lowest BCUT2D eigenvalue weighted by molar-refractivity contribution is -0.123. The smallest absolute Gasteiger partial charge is 0.322 e. The molecule has 0 aliphatic carbocycles. The average molecular weight is 371 g/mol. The predicted octanol–water partition coefficient (Wildman–Crippen LogP) is 1.63. The highest BCUT2D eigenvalue weighted by Gasteiger charge is 2.43. The predicted molar refractivity (Wildman–Crippen MR) is 98.0 cm³/mol. The van der Waals surface area contributed by atoms with Crippen LogP contribution in [-0.4, -0.2) is 49.0 Å². The first-order valence-corrected chi connectivity index (χ1v) is 9.58. The summed E-state index contributed by atoms with van der Waals surface area (Å²) in [5.41, 5.74) is 0.162. The topological polar surface area (TPSA) is 87.7 Å². The maximum Gasteiger partial charge on any atom is 0.322 e. The molecule has 7 nitrogen and oxygen atoms in total. The number of imide groups is 1. The number of carbonyl (C=O) groups is 3. The van der Waals surface area contributed by atoms with Crippen LogP contribution in [0.5, 0.6) is 0 Å².